The number of carboxylic acids is 1. The summed E-state index contributed by atoms with van der Waals surface area (Å²) in [5.74, 6) is -1.31. The number of carboxylic acid groups (broad SMARTS) is 1. The van der Waals surface area contributed by atoms with E-state index in [0.717, 1.165) is 12.0 Å². The van der Waals surface area contributed by atoms with Gasteiger partial charge in [-0.25, -0.2) is 0 Å². The summed E-state index contributed by atoms with van der Waals surface area (Å²) in [4.78, 5) is 25.3. The predicted molar refractivity (Wildman–Crippen MR) is 72.0 cm³/mol. The Balaban J connectivity index is 2.22. The van der Waals surface area contributed by atoms with E-state index in [1.165, 1.54) is 0 Å². The first kappa shape index (κ1) is 13.6. The fraction of sp³-hybridized carbons (Fsp3) is 0.467. The summed E-state index contributed by atoms with van der Waals surface area (Å²) in [6, 6.07) is 7.53. The Hall–Kier alpha value is -1.84. The van der Waals surface area contributed by atoms with Crippen molar-refractivity contribution in [2.75, 3.05) is 6.54 Å². The van der Waals surface area contributed by atoms with Crippen LogP contribution in [0.15, 0.2) is 24.3 Å². The summed E-state index contributed by atoms with van der Waals surface area (Å²) < 4.78 is 0. The SMILES string of the molecule is Cc1ccccc1C(=O)N1CC(C(=O)O)CCC1C. The van der Waals surface area contributed by atoms with Gasteiger partial charge in [0.15, 0.2) is 0 Å². The van der Waals surface area contributed by atoms with Gasteiger partial charge in [0.05, 0.1) is 5.92 Å². The van der Waals surface area contributed by atoms with Crippen LogP contribution in [-0.4, -0.2) is 34.5 Å². The normalized spacial score (nSPS) is 23.2. The molecule has 0 spiro atoms. The summed E-state index contributed by atoms with van der Waals surface area (Å²) in [5.41, 5.74) is 1.59. The number of carbonyl (C=O) groups is 2. The number of benzene rings is 1. The molecule has 4 nitrogen and oxygen atoms in total. The Kier molecular flexibility index (Phi) is 3.88. The molecule has 2 atom stereocenters. The fourth-order valence-corrected chi connectivity index (χ4v) is 2.56. The third kappa shape index (κ3) is 2.78. The van der Waals surface area contributed by atoms with Crippen molar-refractivity contribution in [2.24, 2.45) is 5.92 Å². The van der Waals surface area contributed by atoms with E-state index < -0.39 is 11.9 Å². The van der Waals surface area contributed by atoms with E-state index >= 15 is 0 Å². The van der Waals surface area contributed by atoms with Crippen LogP contribution < -0.4 is 0 Å². The average molecular weight is 261 g/mol. The van der Waals surface area contributed by atoms with Crippen LogP contribution in [0.5, 0.6) is 0 Å². The van der Waals surface area contributed by atoms with Gasteiger partial charge in [0.2, 0.25) is 0 Å². The van der Waals surface area contributed by atoms with Crippen molar-refractivity contribution in [3.63, 3.8) is 0 Å². The number of amides is 1. The minimum Gasteiger partial charge on any atom is -0.481 e. The van der Waals surface area contributed by atoms with E-state index in [-0.39, 0.29) is 11.9 Å². The highest BCUT2D eigenvalue weighted by atomic mass is 16.4. The number of likely N-dealkylation sites (tertiary alicyclic amines) is 1. The minimum absolute atomic E-state index is 0.0587. The zero-order valence-corrected chi connectivity index (χ0v) is 11.3. The molecular weight excluding hydrogens is 242 g/mol. The molecule has 2 rings (SSSR count). The second-order valence-electron chi connectivity index (χ2n) is 5.23. The van der Waals surface area contributed by atoms with Gasteiger partial charge in [-0.2, -0.15) is 0 Å². The molecule has 19 heavy (non-hydrogen) atoms. The Labute approximate surface area is 113 Å². The van der Waals surface area contributed by atoms with E-state index in [1.807, 2.05) is 32.0 Å². The van der Waals surface area contributed by atoms with Crippen LogP contribution in [0.2, 0.25) is 0 Å². The van der Waals surface area contributed by atoms with Gasteiger partial charge in [0.25, 0.3) is 5.91 Å². The number of carbonyl (C=O) groups excluding carboxylic acids is 1. The highest BCUT2D eigenvalue weighted by Crippen LogP contribution is 2.24. The molecule has 1 aliphatic rings. The topological polar surface area (TPSA) is 57.6 Å². The lowest BCUT2D eigenvalue weighted by molar-refractivity contribution is -0.143. The lowest BCUT2D eigenvalue weighted by atomic mass is 9.92. The van der Waals surface area contributed by atoms with Crippen molar-refractivity contribution >= 4 is 11.9 Å². The van der Waals surface area contributed by atoms with E-state index in [1.54, 1.807) is 11.0 Å². The van der Waals surface area contributed by atoms with Crippen molar-refractivity contribution in [2.45, 2.75) is 32.7 Å². The van der Waals surface area contributed by atoms with Gasteiger partial charge in [-0.1, -0.05) is 18.2 Å². The van der Waals surface area contributed by atoms with Gasteiger partial charge >= 0.3 is 5.97 Å². The van der Waals surface area contributed by atoms with Crippen LogP contribution in [0.1, 0.15) is 35.7 Å². The molecule has 1 aromatic rings. The molecule has 1 heterocycles. The third-order valence-corrected chi connectivity index (χ3v) is 3.87. The summed E-state index contributed by atoms with van der Waals surface area (Å²) in [5, 5.41) is 9.11. The fourth-order valence-electron chi connectivity index (χ4n) is 2.56. The maximum Gasteiger partial charge on any atom is 0.308 e. The van der Waals surface area contributed by atoms with Gasteiger partial charge in [-0.3, -0.25) is 9.59 Å². The molecule has 0 aromatic heterocycles. The van der Waals surface area contributed by atoms with Crippen LogP contribution >= 0.6 is 0 Å². The minimum atomic E-state index is -0.811. The Morgan fingerprint density at radius 3 is 2.58 bits per heavy atom. The summed E-state index contributed by atoms with van der Waals surface area (Å²) in [6.07, 6.45) is 1.39. The second-order valence-corrected chi connectivity index (χ2v) is 5.23. The molecule has 0 saturated carbocycles. The van der Waals surface area contributed by atoms with Crippen molar-refractivity contribution in [3.8, 4) is 0 Å². The molecule has 1 fully saturated rings. The number of piperidine rings is 1. The molecule has 4 heteroatoms. The molecular formula is C15H19NO3. The molecule has 1 saturated heterocycles. The monoisotopic (exact) mass is 261 g/mol. The van der Waals surface area contributed by atoms with Gasteiger partial charge in [0.1, 0.15) is 0 Å². The molecule has 1 amide bonds. The first-order valence-electron chi connectivity index (χ1n) is 6.60. The average Bonchev–Trinajstić information content (AvgIpc) is 2.38. The molecule has 1 aliphatic heterocycles. The number of aliphatic carboxylic acids is 1. The molecule has 102 valence electrons. The lowest BCUT2D eigenvalue weighted by Crippen LogP contribution is -2.47. The van der Waals surface area contributed by atoms with Crippen molar-refractivity contribution in [3.05, 3.63) is 35.4 Å². The Bertz CT molecular complexity index is 498. The number of rotatable bonds is 2. The Morgan fingerprint density at radius 1 is 1.26 bits per heavy atom. The van der Waals surface area contributed by atoms with E-state index in [2.05, 4.69) is 0 Å². The molecule has 0 aliphatic carbocycles. The number of hydrogen-bond donors (Lipinski definition) is 1. The van der Waals surface area contributed by atoms with Gasteiger partial charge in [-0.15, -0.1) is 0 Å². The lowest BCUT2D eigenvalue weighted by Gasteiger charge is -2.36. The summed E-state index contributed by atoms with van der Waals surface area (Å²) >= 11 is 0. The van der Waals surface area contributed by atoms with Crippen LogP contribution in [0.25, 0.3) is 0 Å². The van der Waals surface area contributed by atoms with E-state index in [0.29, 0.717) is 18.5 Å². The van der Waals surface area contributed by atoms with Crippen LogP contribution in [0.3, 0.4) is 0 Å². The predicted octanol–water partition coefficient (Wildman–Crippen LogP) is 2.32. The van der Waals surface area contributed by atoms with Crippen molar-refractivity contribution in [1.29, 1.82) is 0 Å². The summed E-state index contributed by atoms with van der Waals surface area (Å²) in [7, 11) is 0. The quantitative estimate of drug-likeness (QED) is 0.888. The van der Waals surface area contributed by atoms with Crippen LogP contribution in [0, 0.1) is 12.8 Å². The number of aryl methyl sites for hydroxylation is 1. The maximum atomic E-state index is 12.5. The highest BCUT2D eigenvalue weighted by Gasteiger charge is 2.33. The number of hydrogen-bond acceptors (Lipinski definition) is 2. The zero-order valence-electron chi connectivity index (χ0n) is 11.3. The van der Waals surface area contributed by atoms with Crippen LogP contribution in [-0.2, 0) is 4.79 Å². The smallest absolute Gasteiger partial charge is 0.308 e. The first-order chi connectivity index (χ1) is 9.00. The number of nitrogens with zero attached hydrogens (tertiary/aromatic N) is 1. The molecule has 1 aromatic carbocycles. The maximum absolute atomic E-state index is 12.5. The van der Waals surface area contributed by atoms with Gasteiger partial charge in [0, 0.05) is 18.2 Å². The Morgan fingerprint density at radius 2 is 1.95 bits per heavy atom. The second kappa shape index (κ2) is 5.43. The standard InChI is InChI=1S/C15H19NO3/c1-10-5-3-4-6-13(10)14(17)16-9-12(15(18)19)8-7-11(16)2/h3-6,11-12H,7-9H2,1-2H3,(H,18,19). The highest BCUT2D eigenvalue weighted by molar-refractivity contribution is 5.96. The molecule has 0 radical (unpaired) electrons. The van der Waals surface area contributed by atoms with E-state index in [4.69, 9.17) is 5.11 Å². The zero-order chi connectivity index (χ0) is 14.0. The summed E-state index contributed by atoms with van der Waals surface area (Å²) in [6.45, 7) is 4.19. The van der Waals surface area contributed by atoms with Crippen LogP contribution in [0.4, 0.5) is 0 Å². The molecule has 2 unspecified atom stereocenters. The van der Waals surface area contributed by atoms with Crippen molar-refractivity contribution in [1.82, 2.24) is 4.90 Å². The third-order valence-electron chi connectivity index (χ3n) is 3.87. The largest absolute Gasteiger partial charge is 0.481 e. The van der Waals surface area contributed by atoms with Gasteiger partial charge < -0.3 is 10.0 Å². The molecule has 0 bridgehead atoms. The first-order valence-corrected chi connectivity index (χ1v) is 6.60. The molecule has 1 N–H and O–H groups in total. The van der Waals surface area contributed by atoms with E-state index in [9.17, 15) is 9.59 Å². The van der Waals surface area contributed by atoms with Gasteiger partial charge in [-0.05, 0) is 38.3 Å². The van der Waals surface area contributed by atoms with Crippen molar-refractivity contribution < 1.29 is 14.7 Å².